The molecule has 0 saturated heterocycles. The first-order valence-corrected chi connectivity index (χ1v) is 6.71. The van der Waals surface area contributed by atoms with E-state index in [-0.39, 0.29) is 0 Å². The first-order chi connectivity index (χ1) is 8.33. The molecule has 0 aromatic heterocycles. The Morgan fingerprint density at radius 2 is 1.88 bits per heavy atom. The lowest BCUT2D eigenvalue weighted by Gasteiger charge is -2.12. The predicted molar refractivity (Wildman–Crippen MR) is 73.2 cm³/mol. The molecule has 96 valence electrons. The maximum atomic E-state index is 8.72. The molecule has 0 saturated carbocycles. The standard InChI is InChI=1S/C15H25NO/c1-14(8-7-13-17)16-12-6-5-11-15-9-3-2-4-10-15/h2-4,9-10,14,16-17H,5-8,11-13H2,1H3. The minimum Gasteiger partial charge on any atom is -0.396 e. The average molecular weight is 235 g/mol. The molecule has 0 heterocycles. The number of hydrogen-bond acceptors (Lipinski definition) is 2. The van der Waals surface area contributed by atoms with Gasteiger partial charge in [-0.3, -0.25) is 0 Å². The van der Waals surface area contributed by atoms with Crippen LogP contribution < -0.4 is 5.32 Å². The fourth-order valence-electron chi connectivity index (χ4n) is 1.95. The Morgan fingerprint density at radius 3 is 2.59 bits per heavy atom. The van der Waals surface area contributed by atoms with Crippen LogP contribution in [-0.4, -0.2) is 24.3 Å². The van der Waals surface area contributed by atoms with Gasteiger partial charge in [-0.25, -0.2) is 0 Å². The lowest BCUT2D eigenvalue weighted by atomic mass is 10.1. The normalized spacial score (nSPS) is 12.6. The Balaban J connectivity index is 1.97. The third-order valence-corrected chi connectivity index (χ3v) is 3.02. The Morgan fingerprint density at radius 1 is 1.12 bits per heavy atom. The number of rotatable bonds is 9. The van der Waals surface area contributed by atoms with Crippen LogP contribution >= 0.6 is 0 Å². The number of unbranched alkanes of at least 4 members (excludes halogenated alkanes) is 1. The van der Waals surface area contributed by atoms with Crippen LogP contribution in [0.1, 0.15) is 38.2 Å². The highest BCUT2D eigenvalue weighted by Crippen LogP contribution is 2.04. The van der Waals surface area contributed by atoms with Crippen LogP contribution in [0.15, 0.2) is 30.3 Å². The van der Waals surface area contributed by atoms with Crippen LogP contribution in [0.4, 0.5) is 0 Å². The smallest absolute Gasteiger partial charge is 0.0431 e. The zero-order valence-corrected chi connectivity index (χ0v) is 10.9. The summed E-state index contributed by atoms with van der Waals surface area (Å²) in [4.78, 5) is 0. The molecule has 2 N–H and O–H groups in total. The van der Waals surface area contributed by atoms with Gasteiger partial charge in [0.15, 0.2) is 0 Å². The molecule has 0 aliphatic carbocycles. The van der Waals surface area contributed by atoms with Gasteiger partial charge in [0.2, 0.25) is 0 Å². The van der Waals surface area contributed by atoms with Crippen LogP contribution in [0, 0.1) is 0 Å². The maximum Gasteiger partial charge on any atom is 0.0431 e. The second-order valence-electron chi connectivity index (χ2n) is 4.66. The van der Waals surface area contributed by atoms with Crippen molar-refractivity contribution in [2.45, 2.75) is 45.1 Å². The average Bonchev–Trinajstić information content (AvgIpc) is 2.37. The van der Waals surface area contributed by atoms with Gasteiger partial charge in [-0.15, -0.1) is 0 Å². The van der Waals surface area contributed by atoms with E-state index >= 15 is 0 Å². The zero-order chi connectivity index (χ0) is 12.3. The summed E-state index contributed by atoms with van der Waals surface area (Å²) in [5, 5.41) is 12.2. The molecular formula is C15H25NO. The molecule has 0 fully saturated rings. The van der Waals surface area contributed by atoms with Gasteiger partial charge in [-0.05, 0) is 51.1 Å². The topological polar surface area (TPSA) is 32.3 Å². The molecule has 1 aromatic carbocycles. The second kappa shape index (κ2) is 9.20. The van der Waals surface area contributed by atoms with Crippen molar-refractivity contribution in [2.75, 3.05) is 13.2 Å². The van der Waals surface area contributed by atoms with Crippen molar-refractivity contribution in [1.29, 1.82) is 0 Å². The largest absolute Gasteiger partial charge is 0.396 e. The first kappa shape index (κ1) is 14.2. The number of benzene rings is 1. The zero-order valence-electron chi connectivity index (χ0n) is 10.9. The molecule has 2 nitrogen and oxygen atoms in total. The molecular weight excluding hydrogens is 210 g/mol. The van der Waals surface area contributed by atoms with Crippen molar-refractivity contribution < 1.29 is 5.11 Å². The number of aryl methyl sites for hydroxylation is 1. The van der Waals surface area contributed by atoms with Gasteiger partial charge in [-0.1, -0.05) is 30.3 Å². The lowest BCUT2D eigenvalue weighted by Crippen LogP contribution is -2.27. The van der Waals surface area contributed by atoms with E-state index in [0.717, 1.165) is 19.4 Å². The fourth-order valence-corrected chi connectivity index (χ4v) is 1.95. The van der Waals surface area contributed by atoms with Gasteiger partial charge < -0.3 is 10.4 Å². The van der Waals surface area contributed by atoms with Crippen molar-refractivity contribution in [1.82, 2.24) is 5.32 Å². The van der Waals surface area contributed by atoms with Crippen molar-refractivity contribution in [3.05, 3.63) is 35.9 Å². The quantitative estimate of drug-likeness (QED) is 0.645. The summed E-state index contributed by atoms with van der Waals surface area (Å²) in [6, 6.07) is 11.2. The van der Waals surface area contributed by atoms with Gasteiger partial charge in [0, 0.05) is 12.6 Å². The van der Waals surface area contributed by atoms with E-state index < -0.39 is 0 Å². The number of hydrogen-bond donors (Lipinski definition) is 2. The van der Waals surface area contributed by atoms with Crippen LogP contribution in [0.25, 0.3) is 0 Å². The first-order valence-electron chi connectivity index (χ1n) is 6.71. The molecule has 0 amide bonds. The molecule has 0 radical (unpaired) electrons. The summed E-state index contributed by atoms with van der Waals surface area (Å²) in [6.45, 7) is 3.58. The lowest BCUT2D eigenvalue weighted by molar-refractivity contribution is 0.276. The molecule has 0 aliphatic heterocycles. The minimum absolute atomic E-state index is 0.306. The molecule has 0 spiro atoms. The second-order valence-corrected chi connectivity index (χ2v) is 4.66. The number of aliphatic hydroxyl groups excluding tert-OH is 1. The third kappa shape index (κ3) is 7.14. The number of nitrogens with one attached hydrogen (secondary N) is 1. The summed E-state index contributed by atoms with van der Waals surface area (Å²) in [7, 11) is 0. The molecule has 1 aromatic rings. The monoisotopic (exact) mass is 235 g/mol. The van der Waals surface area contributed by atoms with E-state index in [1.54, 1.807) is 0 Å². The Bertz CT molecular complexity index is 274. The Hall–Kier alpha value is -0.860. The van der Waals surface area contributed by atoms with E-state index in [0.29, 0.717) is 12.6 Å². The summed E-state index contributed by atoms with van der Waals surface area (Å²) >= 11 is 0. The summed E-state index contributed by atoms with van der Waals surface area (Å²) in [6.07, 6.45) is 5.60. The molecule has 1 unspecified atom stereocenters. The molecule has 0 bridgehead atoms. The van der Waals surface area contributed by atoms with Crippen LogP contribution in [0.3, 0.4) is 0 Å². The molecule has 1 atom stereocenters. The summed E-state index contributed by atoms with van der Waals surface area (Å²) in [5.74, 6) is 0. The van der Waals surface area contributed by atoms with Crippen LogP contribution in [-0.2, 0) is 6.42 Å². The number of aliphatic hydroxyl groups is 1. The molecule has 0 aliphatic rings. The van der Waals surface area contributed by atoms with Crippen molar-refractivity contribution in [3.63, 3.8) is 0 Å². The predicted octanol–water partition coefficient (Wildman–Crippen LogP) is 2.76. The van der Waals surface area contributed by atoms with Gasteiger partial charge >= 0.3 is 0 Å². The Kier molecular flexibility index (Phi) is 7.69. The summed E-state index contributed by atoms with van der Waals surface area (Å²) < 4.78 is 0. The van der Waals surface area contributed by atoms with Crippen molar-refractivity contribution >= 4 is 0 Å². The maximum absolute atomic E-state index is 8.72. The molecule has 2 heteroatoms. The highest BCUT2D eigenvalue weighted by atomic mass is 16.2. The van der Waals surface area contributed by atoms with E-state index in [4.69, 9.17) is 5.11 Å². The summed E-state index contributed by atoms with van der Waals surface area (Å²) in [5.41, 5.74) is 1.43. The highest BCUT2D eigenvalue weighted by molar-refractivity contribution is 5.14. The van der Waals surface area contributed by atoms with Crippen LogP contribution in [0.5, 0.6) is 0 Å². The van der Waals surface area contributed by atoms with Gasteiger partial charge in [0.05, 0.1) is 0 Å². The highest BCUT2D eigenvalue weighted by Gasteiger charge is 1.99. The third-order valence-electron chi connectivity index (χ3n) is 3.02. The SMILES string of the molecule is CC(CCCO)NCCCCc1ccccc1. The van der Waals surface area contributed by atoms with Crippen molar-refractivity contribution in [3.8, 4) is 0 Å². The van der Waals surface area contributed by atoms with Crippen molar-refractivity contribution in [2.24, 2.45) is 0 Å². The molecule has 1 rings (SSSR count). The Labute approximate surface area is 105 Å². The van der Waals surface area contributed by atoms with Gasteiger partial charge in [0.25, 0.3) is 0 Å². The van der Waals surface area contributed by atoms with E-state index in [1.807, 2.05) is 0 Å². The van der Waals surface area contributed by atoms with E-state index in [9.17, 15) is 0 Å². The molecule has 17 heavy (non-hydrogen) atoms. The van der Waals surface area contributed by atoms with E-state index in [2.05, 4.69) is 42.6 Å². The van der Waals surface area contributed by atoms with Crippen LogP contribution in [0.2, 0.25) is 0 Å². The minimum atomic E-state index is 0.306. The van der Waals surface area contributed by atoms with E-state index in [1.165, 1.54) is 24.8 Å². The van der Waals surface area contributed by atoms with Gasteiger partial charge in [0.1, 0.15) is 0 Å². The van der Waals surface area contributed by atoms with Gasteiger partial charge in [-0.2, -0.15) is 0 Å². The fraction of sp³-hybridized carbons (Fsp3) is 0.600.